The summed E-state index contributed by atoms with van der Waals surface area (Å²) >= 11 is 11.7. The number of hydrogen-bond acceptors (Lipinski definition) is 7. The minimum atomic E-state index is -0.826. The summed E-state index contributed by atoms with van der Waals surface area (Å²) < 4.78 is 0.259. The second-order valence-corrected chi connectivity index (χ2v) is 5.65. The second kappa shape index (κ2) is 5.73. The number of hydrazone groups is 1. The number of halogens is 1. The third-order valence-corrected chi connectivity index (χ3v) is 3.86. The van der Waals surface area contributed by atoms with Crippen LogP contribution >= 0.6 is 35.6 Å². The van der Waals surface area contributed by atoms with Gasteiger partial charge in [-0.1, -0.05) is 35.6 Å². The molecule has 10 heteroatoms. The van der Waals surface area contributed by atoms with Crippen molar-refractivity contribution in [2.75, 3.05) is 5.75 Å². The van der Waals surface area contributed by atoms with Crippen LogP contribution in [0.4, 0.5) is 5.69 Å². The van der Waals surface area contributed by atoms with Crippen molar-refractivity contribution >= 4 is 57.7 Å². The van der Waals surface area contributed by atoms with Crippen LogP contribution in [0.3, 0.4) is 0 Å². The molecule has 0 radical (unpaired) electrons. The normalized spacial score (nSPS) is 15.3. The minimum absolute atomic E-state index is 0.0300. The molecule has 0 aliphatic carbocycles. The van der Waals surface area contributed by atoms with Gasteiger partial charge in [0.15, 0.2) is 4.32 Å². The Kier molecular flexibility index (Phi) is 4.21. The highest BCUT2D eigenvalue weighted by atomic mass is 35.5. The maximum atomic E-state index is 11.8. The Morgan fingerprint density at radius 1 is 1.55 bits per heavy atom. The quantitative estimate of drug-likeness (QED) is 0.360. The van der Waals surface area contributed by atoms with Crippen molar-refractivity contribution in [3.8, 4) is 5.75 Å². The van der Waals surface area contributed by atoms with E-state index in [0.29, 0.717) is 0 Å². The summed E-state index contributed by atoms with van der Waals surface area (Å²) in [5.41, 5.74) is -0.736. The highest BCUT2D eigenvalue weighted by molar-refractivity contribution is 8.23. The highest BCUT2D eigenvalue weighted by Gasteiger charge is 2.26. The van der Waals surface area contributed by atoms with Crippen LogP contribution in [0.15, 0.2) is 17.2 Å². The van der Waals surface area contributed by atoms with Crippen molar-refractivity contribution in [3.05, 3.63) is 32.8 Å². The lowest BCUT2D eigenvalue weighted by molar-refractivity contribution is -0.398. The van der Waals surface area contributed by atoms with E-state index in [0.717, 1.165) is 29.1 Å². The predicted molar refractivity (Wildman–Crippen MR) is 77.0 cm³/mol. The van der Waals surface area contributed by atoms with E-state index in [4.69, 9.17) is 23.8 Å². The van der Waals surface area contributed by atoms with E-state index in [1.54, 1.807) is 0 Å². The monoisotopic (exact) mass is 330 g/mol. The molecule has 0 bridgehead atoms. The van der Waals surface area contributed by atoms with Gasteiger partial charge in [0.25, 0.3) is 11.6 Å². The smallest absolute Gasteiger partial charge is 0.263 e. The number of nitro benzene ring substituents is 1. The molecule has 0 N–H and O–H groups in total. The summed E-state index contributed by atoms with van der Waals surface area (Å²) in [6, 6.07) is 2.19. The third kappa shape index (κ3) is 2.89. The standard InChI is InChI=1S/C10H6ClN3O4S2/c11-6-1-5(9(16)7(2-6)14(17)18)3-12-13-8(15)4-20-10(13)19/h1-3,16H,4H2/p-1/b12-3-. The van der Waals surface area contributed by atoms with Crippen molar-refractivity contribution in [2.24, 2.45) is 5.10 Å². The molecule has 1 fully saturated rings. The van der Waals surface area contributed by atoms with Crippen LogP contribution < -0.4 is 5.11 Å². The fourth-order valence-corrected chi connectivity index (χ4v) is 2.60. The molecule has 7 nitrogen and oxygen atoms in total. The first kappa shape index (κ1) is 14.7. The topological polar surface area (TPSA) is 98.9 Å². The summed E-state index contributed by atoms with van der Waals surface area (Å²) in [7, 11) is 0. The van der Waals surface area contributed by atoms with Crippen LogP contribution in [0, 0.1) is 10.1 Å². The van der Waals surface area contributed by atoms with Crippen LogP contribution in [0.5, 0.6) is 5.75 Å². The van der Waals surface area contributed by atoms with Crippen molar-refractivity contribution in [2.45, 2.75) is 0 Å². The zero-order valence-electron chi connectivity index (χ0n) is 9.61. The van der Waals surface area contributed by atoms with Crippen molar-refractivity contribution < 1.29 is 14.8 Å². The number of nitrogens with zero attached hydrogens (tertiary/aromatic N) is 3. The first-order valence-electron chi connectivity index (χ1n) is 5.09. The lowest BCUT2D eigenvalue weighted by atomic mass is 10.2. The van der Waals surface area contributed by atoms with Gasteiger partial charge in [-0.2, -0.15) is 10.1 Å². The fourth-order valence-electron chi connectivity index (χ4n) is 1.41. The molecule has 0 unspecified atom stereocenters. The van der Waals surface area contributed by atoms with Gasteiger partial charge in [0.2, 0.25) is 0 Å². The SMILES string of the molecule is O=C1CSC(=S)N1/N=C\c1cc(Cl)cc([N+](=O)[O-])c1[O-]. The Morgan fingerprint density at radius 3 is 2.80 bits per heavy atom. The van der Waals surface area contributed by atoms with Gasteiger partial charge in [-0.05, 0) is 17.4 Å². The molecule has 1 saturated heterocycles. The molecule has 1 aliphatic rings. The number of nitro groups is 1. The van der Waals surface area contributed by atoms with Crippen molar-refractivity contribution in [1.29, 1.82) is 0 Å². The number of carbonyl (C=O) groups is 1. The molecule has 20 heavy (non-hydrogen) atoms. The molecule has 1 amide bonds. The summed E-state index contributed by atoms with van der Waals surface area (Å²) in [5.74, 6) is -0.968. The van der Waals surface area contributed by atoms with Crippen molar-refractivity contribution in [3.63, 3.8) is 0 Å². The fraction of sp³-hybridized carbons (Fsp3) is 0.100. The van der Waals surface area contributed by atoms with Crippen LogP contribution in [-0.2, 0) is 4.79 Å². The van der Waals surface area contributed by atoms with E-state index in [9.17, 15) is 20.0 Å². The minimum Gasteiger partial charge on any atom is -0.867 e. The summed E-state index contributed by atoms with van der Waals surface area (Å²) in [6.45, 7) is 0. The Morgan fingerprint density at radius 2 is 2.25 bits per heavy atom. The van der Waals surface area contributed by atoms with E-state index in [2.05, 4.69) is 5.10 Å². The molecular weight excluding hydrogens is 326 g/mol. The molecule has 1 heterocycles. The summed E-state index contributed by atoms with van der Waals surface area (Å²) in [5, 5.41) is 27.3. The Labute approximate surface area is 127 Å². The van der Waals surface area contributed by atoms with Gasteiger partial charge in [-0.25, -0.2) is 0 Å². The van der Waals surface area contributed by atoms with Gasteiger partial charge in [0.05, 0.1) is 16.9 Å². The Hall–Kier alpha value is -1.71. The van der Waals surface area contributed by atoms with Gasteiger partial charge in [-0.3, -0.25) is 14.9 Å². The Bertz CT molecular complexity index is 634. The van der Waals surface area contributed by atoms with E-state index in [1.807, 2.05) is 0 Å². The van der Waals surface area contributed by atoms with Gasteiger partial charge in [0.1, 0.15) is 0 Å². The number of hydrogen-bond donors (Lipinski definition) is 0. The lowest BCUT2D eigenvalue weighted by Gasteiger charge is -2.12. The van der Waals surface area contributed by atoms with Crippen LogP contribution in [0.2, 0.25) is 5.02 Å². The zero-order valence-corrected chi connectivity index (χ0v) is 12.0. The molecule has 0 spiro atoms. The first-order chi connectivity index (χ1) is 9.40. The van der Waals surface area contributed by atoms with Crippen LogP contribution in [0.25, 0.3) is 0 Å². The predicted octanol–water partition coefficient (Wildman–Crippen LogP) is 1.52. The van der Waals surface area contributed by atoms with Gasteiger partial charge in [-0.15, -0.1) is 0 Å². The number of amides is 1. The third-order valence-electron chi connectivity index (χ3n) is 2.30. The van der Waals surface area contributed by atoms with E-state index >= 15 is 0 Å². The number of thioether (sulfide) groups is 1. The molecule has 0 saturated carbocycles. The number of thiocarbonyl (C=S) groups is 1. The summed E-state index contributed by atoms with van der Waals surface area (Å²) in [6.07, 6.45) is 1.04. The molecular formula is C10H5ClN3O4S2-. The van der Waals surface area contributed by atoms with Crippen LogP contribution in [0.1, 0.15) is 5.56 Å². The van der Waals surface area contributed by atoms with Gasteiger partial charge < -0.3 is 5.11 Å². The van der Waals surface area contributed by atoms with Crippen LogP contribution in [-0.4, -0.2) is 32.1 Å². The van der Waals surface area contributed by atoms with Crippen molar-refractivity contribution in [1.82, 2.24) is 5.01 Å². The largest absolute Gasteiger partial charge is 0.867 e. The molecule has 0 atom stereocenters. The molecule has 0 aromatic heterocycles. The number of carbonyl (C=O) groups excluding carboxylic acids is 1. The molecule has 1 aromatic carbocycles. The van der Waals surface area contributed by atoms with E-state index in [1.165, 1.54) is 6.07 Å². The molecule has 2 rings (SSSR count). The number of rotatable bonds is 3. The average Bonchev–Trinajstić information content (AvgIpc) is 2.69. The molecule has 104 valence electrons. The maximum Gasteiger partial charge on any atom is 0.263 e. The van der Waals surface area contributed by atoms with E-state index < -0.39 is 16.4 Å². The lowest BCUT2D eigenvalue weighted by Crippen LogP contribution is -2.22. The average molecular weight is 331 g/mol. The second-order valence-electron chi connectivity index (χ2n) is 3.61. The highest BCUT2D eigenvalue weighted by Crippen LogP contribution is 2.30. The molecule has 1 aliphatic heterocycles. The maximum absolute atomic E-state index is 11.8. The van der Waals surface area contributed by atoms with Gasteiger partial charge in [0, 0.05) is 11.1 Å². The van der Waals surface area contributed by atoms with E-state index in [-0.39, 0.29) is 26.6 Å². The number of benzene rings is 1. The Balaban J connectivity index is 2.36. The zero-order chi connectivity index (χ0) is 14.9. The summed E-state index contributed by atoms with van der Waals surface area (Å²) in [4.78, 5) is 21.3. The van der Waals surface area contributed by atoms with Gasteiger partial charge >= 0.3 is 0 Å². The first-order valence-corrected chi connectivity index (χ1v) is 6.86. The molecule has 1 aromatic rings.